The van der Waals surface area contributed by atoms with Crippen LogP contribution in [0.15, 0.2) is 53.0 Å². The Hall–Kier alpha value is -2.67. The molecule has 1 atom stereocenters. The van der Waals surface area contributed by atoms with E-state index in [-0.39, 0.29) is 24.2 Å². The Balaban J connectivity index is 1.40. The Kier molecular flexibility index (Phi) is 4.94. The highest BCUT2D eigenvalue weighted by molar-refractivity contribution is 9.10. The molecule has 0 radical (unpaired) electrons. The van der Waals surface area contributed by atoms with Gasteiger partial charge in [-0.25, -0.2) is 0 Å². The van der Waals surface area contributed by atoms with Crippen molar-refractivity contribution in [2.45, 2.75) is 12.8 Å². The second-order valence-corrected chi connectivity index (χ2v) is 7.58. The van der Waals surface area contributed by atoms with E-state index in [4.69, 9.17) is 0 Å². The lowest BCUT2D eigenvalue weighted by atomic mass is 10.1. The summed E-state index contributed by atoms with van der Waals surface area (Å²) in [6, 6.07) is 15.8. The molecule has 0 saturated carbocycles. The molecule has 1 unspecified atom stereocenters. The van der Waals surface area contributed by atoms with Gasteiger partial charge < -0.3 is 5.32 Å². The highest BCUT2D eigenvalue weighted by Gasteiger charge is 2.36. The number of carbonyl (C=O) groups excluding carboxylic acids is 2. The highest BCUT2D eigenvalue weighted by atomic mass is 79.9. The van der Waals surface area contributed by atoms with Gasteiger partial charge in [-0.1, -0.05) is 46.3 Å². The molecule has 1 aromatic heterocycles. The highest BCUT2D eigenvalue weighted by Crippen LogP contribution is 2.31. The van der Waals surface area contributed by atoms with Gasteiger partial charge in [-0.2, -0.15) is 5.10 Å². The first-order valence-electron chi connectivity index (χ1n) is 8.87. The maximum atomic E-state index is 12.5. The second-order valence-electron chi connectivity index (χ2n) is 6.67. The van der Waals surface area contributed by atoms with Gasteiger partial charge in [0.05, 0.1) is 11.4 Å². The van der Waals surface area contributed by atoms with Crippen LogP contribution in [0.5, 0.6) is 0 Å². The first-order chi connectivity index (χ1) is 13.1. The maximum absolute atomic E-state index is 12.5. The van der Waals surface area contributed by atoms with Gasteiger partial charge in [-0.15, -0.1) is 0 Å². The molecule has 2 aromatic carbocycles. The van der Waals surface area contributed by atoms with Crippen molar-refractivity contribution in [3.8, 4) is 0 Å². The van der Waals surface area contributed by atoms with Crippen LogP contribution in [0, 0.1) is 5.92 Å². The summed E-state index contributed by atoms with van der Waals surface area (Å²) in [6.07, 6.45) is 0.984. The molecule has 3 aromatic rings. The fraction of sp³-hybridized carbons (Fsp3) is 0.250. The van der Waals surface area contributed by atoms with Crippen molar-refractivity contribution in [2.24, 2.45) is 5.92 Å². The molecule has 2 heterocycles. The van der Waals surface area contributed by atoms with E-state index < -0.39 is 0 Å². The molecule has 2 N–H and O–H groups in total. The van der Waals surface area contributed by atoms with Gasteiger partial charge in [-0.3, -0.25) is 19.6 Å². The topological polar surface area (TPSA) is 78.1 Å². The fourth-order valence-electron chi connectivity index (χ4n) is 3.39. The van der Waals surface area contributed by atoms with Crippen molar-refractivity contribution in [3.63, 3.8) is 0 Å². The first kappa shape index (κ1) is 17.7. The van der Waals surface area contributed by atoms with E-state index in [0.717, 1.165) is 21.8 Å². The molecule has 0 bridgehead atoms. The van der Waals surface area contributed by atoms with Crippen LogP contribution < -0.4 is 10.2 Å². The minimum absolute atomic E-state index is 0.0745. The number of fused-ring (bicyclic) bond motifs is 1. The molecule has 0 spiro atoms. The van der Waals surface area contributed by atoms with Crippen LogP contribution in [0.3, 0.4) is 0 Å². The minimum atomic E-state index is -0.351. The molecule has 6 nitrogen and oxygen atoms in total. The van der Waals surface area contributed by atoms with E-state index in [1.54, 1.807) is 4.90 Å². The number of benzene rings is 2. The van der Waals surface area contributed by atoms with Crippen molar-refractivity contribution >= 4 is 44.5 Å². The van der Waals surface area contributed by atoms with Crippen LogP contribution in [0.2, 0.25) is 0 Å². The van der Waals surface area contributed by atoms with E-state index in [2.05, 4.69) is 31.4 Å². The summed E-state index contributed by atoms with van der Waals surface area (Å²) in [4.78, 5) is 26.6. The number of hydrogen-bond acceptors (Lipinski definition) is 3. The zero-order valence-corrected chi connectivity index (χ0v) is 16.2. The fourth-order valence-corrected chi connectivity index (χ4v) is 3.75. The summed E-state index contributed by atoms with van der Waals surface area (Å²) in [5.74, 6) is 0.0800. The molecule has 1 aliphatic heterocycles. The Bertz CT molecular complexity index is 986. The quantitative estimate of drug-likeness (QED) is 0.657. The number of aromatic amines is 1. The molecule has 7 heteroatoms. The van der Waals surface area contributed by atoms with Crippen molar-refractivity contribution in [3.05, 3.63) is 58.6 Å². The summed E-state index contributed by atoms with van der Waals surface area (Å²) in [6.45, 7) is 0.916. The van der Waals surface area contributed by atoms with Gasteiger partial charge >= 0.3 is 0 Å². The van der Waals surface area contributed by atoms with Gasteiger partial charge in [0.1, 0.15) is 0 Å². The average Bonchev–Trinajstić information content (AvgIpc) is 3.25. The van der Waals surface area contributed by atoms with Crippen molar-refractivity contribution in [1.82, 2.24) is 15.5 Å². The predicted octanol–water partition coefficient (Wildman–Crippen LogP) is 3.04. The number of nitrogens with zero attached hydrogens (tertiary/aromatic N) is 2. The van der Waals surface area contributed by atoms with Crippen LogP contribution in [-0.4, -0.2) is 35.1 Å². The Morgan fingerprint density at radius 3 is 2.89 bits per heavy atom. The standard InChI is InChI=1S/C20H19BrN4O2/c21-15-6-7-16-17(11-15)23-24-19(16)25-12-14(10-18(25)26)20(27)22-9-8-13-4-2-1-3-5-13/h1-7,11,14H,8-10,12H2,(H,22,27)(H,23,24). The molecular formula is C20H19BrN4O2. The lowest BCUT2D eigenvalue weighted by Crippen LogP contribution is -2.34. The van der Waals surface area contributed by atoms with E-state index >= 15 is 0 Å². The number of H-pyrrole nitrogens is 1. The van der Waals surface area contributed by atoms with Gasteiger partial charge in [0.15, 0.2) is 5.82 Å². The van der Waals surface area contributed by atoms with Gasteiger partial charge in [0, 0.05) is 29.4 Å². The first-order valence-corrected chi connectivity index (χ1v) is 9.67. The number of halogens is 1. The monoisotopic (exact) mass is 426 g/mol. The zero-order chi connectivity index (χ0) is 18.8. The molecule has 2 amide bonds. The minimum Gasteiger partial charge on any atom is -0.355 e. The molecule has 27 heavy (non-hydrogen) atoms. The van der Waals surface area contributed by atoms with Gasteiger partial charge in [0.25, 0.3) is 0 Å². The maximum Gasteiger partial charge on any atom is 0.229 e. The molecule has 138 valence electrons. The van der Waals surface area contributed by atoms with E-state index in [1.165, 1.54) is 5.56 Å². The lowest BCUT2D eigenvalue weighted by molar-refractivity contribution is -0.126. The van der Waals surface area contributed by atoms with Crippen LogP contribution in [-0.2, 0) is 16.0 Å². The number of anilines is 1. The average molecular weight is 427 g/mol. The molecule has 0 aliphatic carbocycles. The molecule has 1 fully saturated rings. The third kappa shape index (κ3) is 3.73. The van der Waals surface area contributed by atoms with Crippen LogP contribution in [0.25, 0.3) is 10.9 Å². The van der Waals surface area contributed by atoms with Crippen molar-refractivity contribution < 1.29 is 9.59 Å². The third-order valence-electron chi connectivity index (χ3n) is 4.81. The van der Waals surface area contributed by atoms with E-state index in [9.17, 15) is 9.59 Å². The van der Waals surface area contributed by atoms with E-state index in [0.29, 0.717) is 18.9 Å². The zero-order valence-electron chi connectivity index (χ0n) is 14.6. The SMILES string of the molecule is O=C(NCCc1ccccc1)C1CC(=O)N(c2n[nH]c3cc(Br)ccc23)C1. The Morgan fingerprint density at radius 1 is 1.26 bits per heavy atom. The smallest absolute Gasteiger partial charge is 0.229 e. The van der Waals surface area contributed by atoms with E-state index in [1.807, 2.05) is 48.5 Å². The number of amides is 2. The summed E-state index contributed by atoms with van der Waals surface area (Å²) in [5.41, 5.74) is 2.03. The van der Waals surface area contributed by atoms with Crippen LogP contribution in [0.4, 0.5) is 5.82 Å². The lowest BCUT2D eigenvalue weighted by Gasteiger charge is -2.14. The Labute approximate surface area is 165 Å². The van der Waals surface area contributed by atoms with Crippen molar-refractivity contribution in [2.75, 3.05) is 18.0 Å². The number of aromatic nitrogens is 2. The molecule has 1 saturated heterocycles. The van der Waals surface area contributed by atoms with Crippen LogP contribution >= 0.6 is 15.9 Å². The molecule has 4 rings (SSSR count). The summed E-state index contributed by atoms with van der Waals surface area (Å²) in [7, 11) is 0. The summed E-state index contributed by atoms with van der Waals surface area (Å²) in [5, 5.41) is 11.1. The van der Waals surface area contributed by atoms with Crippen molar-refractivity contribution in [1.29, 1.82) is 0 Å². The number of carbonyl (C=O) groups is 2. The summed E-state index contributed by atoms with van der Waals surface area (Å²) >= 11 is 3.43. The largest absolute Gasteiger partial charge is 0.355 e. The predicted molar refractivity (Wildman–Crippen MR) is 107 cm³/mol. The van der Waals surface area contributed by atoms with Crippen LogP contribution in [0.1, 0.15) is 12.0 Å². The number of hydrogen-bond donors (Lipinski definition) is 2. The van der Waals surface area contributed by atoms with Gasteiger partial charge in [-0.05, 0) is 30.2 Å². The normalized spacial score (nSPS) is 16.9. The summed E-state index contributed by atoms with van der Waals surface area (Å²) < 4.78 is 0.939. The molecular weight excluding hydrogens is 408 g/mol. The van der Waals surface area contributed by atoms with Gasteiger partial charge in [0.2, 0.25) is 11.8 Å². The second kappa shape index (κ2) is 7.52. The third-order valence-corrected chi connectivity index (χ3v) is 5.31. The Morgan fingerprint density at radius 2 is 2.07 bits per heavy atom. The number of nitrogens with one attached hydrogen (secondary N) is 2. The molecule has 1 aliphatic rings. The number of rotatable bonds is 5.